The molecular formula is C30H38As2Mo6N6O30-36. The summed E-state index contributed by atoms with van der Waals surface area (Å²) in [6.45, 7) is 0. The van der Waals surface area contributed by atoms with Crippen LogP contribution in [0.25, 0.3) is 33.4 Å². The largest absolute Gasteiger partial charge is 2.00 e. The number of nitrogens with one attached hydrogen (secondary N) is 6. The summed E-state index contributed by atoms with van der Waals surface area (Å²) in [5, 5.41) is 0. The van der Waals surface area contributed by atoms with Crippen LogP contribution in [0, 0.1) is 0 Å². The van der Waals surface area contributed by atoms with E-state index in [1.165, 1.54) is 33.4 Å². The van der Waals surface area contributed by atoms with Crippen molar-refractivity contribution in [2.75, 3.05) is 0 Å². The minimum Gasteiger partial charge on any atom is -2.00 e. The van der Waals surface area contributed by atoms with Crippen LogP contribution < -0.4 is 54.5 Å². The summed E-state index contributed by atoms with van der Waals surface area (Å²) < 4.78 is 68.9. The summed E-state index contributed by atoms with van der Waals surface area (Å²) >= 11 is -11.8. The molecule has 6 aromatic heterocycles. The minimum atomic E-state index is -5.88. The average Bonchev–Trinajstić information content (AvgIpc) is 3.06. The van der Waals surface area contributed by atoms with Gasteiger partial charge >= 0.3 is 61.1 Å². The Hall–Kier alpha value is -1.37. The number of aromatic amines is 6. The summed E-state index contributed by atoms with van der Waals surface area (Å²) in [4.78, 5) is 18.0. The number of rotatable bonds is 3. The molecule has 0 bridgehead atoms. The molecule has 0 saturated carbocycles. The molecule has 44 heteroatoms. The van der Waals surface area contributed by atoms with Gasteiger partial charge in [0, 0.05) is 199 Å². The summed E-state index contributed by atoms with van der Waals surface area (Å²) in [5.41, 5.74) is 7.35. The van der Waals surface area contributed by atoms with E-state index in [4.69, 9.17) is 32.1 Å². The van der Waals surface area contributed by atoms with Gasteiger partial charge in [0.2, 0.25) is 0 Å². The summed E-state index contributed by atoms with van der Waals surface area (Å²) in [6.07, 6.45) is 23.1. The van der Waals surface area contributed by atoms with Gasteiger partial charge in [-0.15, -0.1) is 0 Å². The van der Waals surface area contributed by atoms with Gasteiger partial charge in [-0.05, 0) is 33.4 Å². The Morgan fingerprint density at radius 1 is 0.216 bits per heavy atom. The number of hydrogen-bond acceptors (Lipinski definition) is 8. The maximum absolute atomic E-state index is 8.61. The molecule has 0 spiro atoms. The molecule has 0 fully saturated rings. The van der Waals surface area contributed by atoms with Crippen LogP contribution in [-0.2, 0) is 232 Å². The Morgan fingerprint density at radius 3 is 0.324 bits per heavy atom. The third-order valence-electron chi connectivity index (χ3n) is 5.31. The SMILES string of the molecule is O.O.O.O.O=[As]([O-])([O-])[O-].O=[As]([O-])([O-])[O-].[Mo].[Mo].[Mo].[Mo].[Mo].[Mo].[O-2].[O-2].[O-2].[O-2].[O-2].[O-2].[O-2].[O-2].[O-2].[O-2].[O-2].[O-2].[O-2].[O-2].[O-2].[O-2].[O-2].[O-2].c1cc(-c2cc[nH+]cc2)cc[nH+]1.c1cc(-c2cc[nH+]cc2)cc[nH+]1.c1cc(-c2cc[nH+]cc2)cc[nH+]1. The molecule has 0 atom stereocenters. The fourth-order valence-corrected chi connectivity index (χ4v) is 3.48. The van der Waals surface area contributed by atoms with Crippen molar-refractivity contribution in [3.63, 3.8) is 0 Å². The molecule has 36 nitrogen and oxygen atoms in total. The van der Waals surface area contributed by atoms with Gasteiger partial charge < -0.3 is 120 Å². The molecule has 0 aliphatic rings. The predicted molar refractivity (Wildman–Crippen MR) is 175 cm³/mol. The smallest absolute Gasteiger partial charge is 0.167 e. The third kappa shape index (κ3) is 99.6. The van der Waals surface area contributed by atoms with E-state index in [0.717, 1.165) is 0 Å². The van der Waals surface area contributed by atoms with Crippen LogP contribution >= 0.6 is 0 Å². The van der Waals surface area contributed by atoms with Crippen LogP contribution in [0.15, 0.2) is 147 Å². The molecule has 0 aliphatic heterocycles. The average molecular weight is 1690 g/mol. The maximum Gasteiger partial charge on any atom is 0.167 e. The number of pyridine rings is 6. The molecule has 450 valence electrons. The van der Waals surface area contributed by atoms with Gasteiger partial charge in [0.1, 0.15) is 0 Å². The monoisotopic (exact) mass is 1700 g/mol. The van der Waals surface area contributed by atoms with E-state index in [1.807, 2.05) is 74.4 Å². The van der Waals surface area contributed by atoms with E-state index < -0.39 is 29.0 Å². The molecule has 6 aromatic rings. The molecule has 14 N–H and O–H groups in total. The van der Waals surface area contributed by atoms with Gasteiger partial charge in [-0.1, -0.05) is 0 Å². The minimum absolute atomic E-state index is 0. The zero-order chi connectivity index (χ0) is 33.7. The van der Waals surface area contributed by atoms with Gasteiger partial charge in [0.25, 0.3) is 0 Å². The van der Waals surface area contributed by atoms with Crippen LogP contribution in [-0.4, -0.2) is 50.9 Å². The summed E-state index contributed by atoms with van der Waals surface area (Å²) in [6, 6.07) is 24.6. The number of hydrogen-bond donors (Lipinski definition) is 0. The Balaban J connectivity index is -0.0000000140. The zero-order valence-corrected chi connectivity index (χ0v) is 51.6. The Kier molecular flexibility index (Phi) is 251. The van der Waals surface area contributed by atoms with Crippen molar-refractivity contribution >= 4 is 29.0 Å². The van der Waals surface area contributed by atoms with Crippen LogP contribution in [0.3, 0.4) is 0 Å². The van der Waals surface area contributed by atoms with Crippen molar-refractivity contribution < 1.29 is 309 Å². The van der Waals surface area contributed by atoms with Crippen molar-refractivity contribution in [3.05, 3.63) is 147 Å². The molecule has 6 rings (SSSR count). The summed E-state index contributed by atoms with van der Waals surface area (Å²) in [7, 11) is 0. The fraction of sp³-hybridized carbons (Fsp3) is 0. The molecule has 6 heterocycles. The van der Waals surface area contributed by atoms with Crippen LogP contribution in [0.2, 0.25) is 0 Å². The first-order valence-corrected chi connectivity index (χ1v) is 19.3. The van der Waals surface area contributed by atoms with Gasteiger partial charge in [-0.3, -0.25) is 0 Å². The van der Waals surface area contributed by atoms with Crippen molar-refractivity contribution in [1.82, 2.24) is 0 Å². The van der Waals surface area contributed by atoms with Gasteiger partial charge in [-0.25, -0.2) is 29.9 Å². The van der Waals surface area contributed by atoms with Crippen molar-refractivity contribution in [2.45, 2.75) is 0 Å². The van der Waals surface area contributed by atoms with Gasteiger partial charge in [0.15, 0.2) is 74.4 Å². The van der Waals surface area contributed by atoms with Gasteiger partial charge in [-0.2, -0.15) is 0 Å². The molecule has 0 aliphatic carbocycles. The number of H-pyrrole nitrogens is 6. The zero-order valence-electron chi connectivity index (χ0n) is 35.8. The molecule has 0 saturated heterocycles. The second kappa shape index (κ2) is 104. The normalized spacial score (nSPS) is 6.30. The van der Waals surface area contributed by atoms with E-state index in [9.17, 15) is 0 Å². The first-order valence-electron chi connectivity index (χ1n) is 13.1. The Morgan fingerprint density at radius 2 is 0.270 bits per heavy atom. The third-order valence-corrected chi connectivity index (χ3v) is 5.31. The Bertz CT molecular complexity index is 1480. The first kappa shape index (κ1) is 179. The van der Waals surface area contributed by atoms with E-state index in [1.54, 1.807) is 0 Å². The van der Waals surface area contributed by atoms with E-state index >= 15 is 0 Å². The van der Waals surface area contributed by atoms with E-state index in [0.29, 0.717) is 0 Å². The molecule has 0 aromatic carbocycles. The van der Waals surface area contributed by atoms with Crippen LogP contribution in [0.1, 0.15) is 0 Å². The van der Waals surface area contributed by atoms with E-state index in [-0.39, 0.29) is 247 Å². The van der Waals surface area contributed by atoms with Gasteiger partial charge in [0.05, 0.1) is 0 Å². The second-order valence-electron chi connectivity index (χ2n) is 8.63. The second-order valence-corrected chi connectivity index (χ2v) is 12.4. The number of aromatic nitrogens is 6. The molecular weight excluding hydrogens is 1650 g/mol. The summed E-state index contributed by atoms with van der Waals surface area (Å²) in [5.74, 6) is 0. The van der Waals surface area contributed by atoms with Crippen LogP contribution in [0.5, 0.6) is 0 Å². The van der Waals surface area contributed by atoms with Crippen molar-refractivity contribution in [2.24, 2.45) is 0 Å². The predicted octanol–water partition coefficient (Wildman–Crippen LogP) is -10.6. The Labute approximate surface area is 513 Å². The van der Waals surface area contributed by atoms with Crippen molar-refractivity contribution in [3.8, 4) is 33.4 Å². The molecule has 0 unspecified atom stereocenters. The standard InChI is InChI=1S/3C10H8N2.2AsH3O4.6Mo.4H2O.18O/c3*1-5-11-6-2-9(1)10-3-7-12-8-4-10;2*2-1(3,4)5;;;;;;;;;;;;;;;;;;;;;;;;;;;;/h3*1-8H;2*(H3,2,3,4,5);;;;;;;4*1H2;;;;;;;;;;;;;;;;;;/q;;;;;;;;;;;;;;;18*-2. The molecule has 74 heavy (non-hydrogen) atoms. The quantitative estimate of drug-likeness (QED) is 0.153. The molecule has 0 amide bonds. The first-order chi connectivity index (χ1) is 21.9. The topological polar surface area (TPSA) is 896 Å². The van der Waals surface area contributed by atoms with Crippen LogP contribution in [0.4, 0.5) is 0 Å². The molecule has 0 radical (unpaired) electrons. The fourth-order valence-electron chi connectivity index (χ4n) is 3.48. The van der Waals surface area contributed by atoms with E-state index in [2.05, 4.69) is 103 Å². The van der Waals surface area contributed by atoms with Crippen molar-refractivity contribution in [1.29, 1.82) is 0 Å². The maximum atomic E-state index is 8.61.